The minimum Gasteiger partial charge on any atom is -0.314 e. The minimum absolute atomic E-state index is 0.879. The predicted octanol–water partition coefficient (Wildman–Crippen LogP) is 1.74. The second-order valence-corrected chi connectivity index (χ2v) is 5.95. The van der Waals surface area contributed by atoms with Gasteiger partial charge in [0.05, 0.1) is 11.4 Å². The molecule has 106 valence electrons. The molecule has 2 aromatic rings. The summed E-state index contributed by atoms with van der Waals surface area (Å²) in [6, 6.07) is 8.12. The molecule has 2 heterocycles. The number of aromatic nitrogens is 3. The number of hydrogen-bond acceptors (Lipinski definition) is 4. The molecule has 0 bridgehead atoms. The molecule has 1 aromatic heterocycles. The fraction of sp³-hybridized carbons (Fsp3) is 0.429. The Kier molecular flexibility index (Phi) is 4.14. The fourth-order valence-corrected chi connectivity index (χ4v) is 2.68. The fourth-order valence-electron chi connectivity index (χ4n) is 2.42. The van der Waals surface area contributed by atoms with E-state index in [4.69, 9.17) is 0 Å². The molecular formula is C14H18BrN5. The maximum Gasteiger partial charge on any atom is 0.100 e. The third-order valence-electron chi connectivity index (χ3n) is 3.64. The number of nitrogens with one attached hydrogen (secondary N) is 1. The van der Waals surface area contributed by atoms with Gasteiger partial charge in [-0.3, -0.25) is 4.90 Å². The van der Waals surface area contributed by atoms with E-state index in [9.17, 15) is 0 Å². The smallest absolute Gasteiger partial charge is 0.100 e. The lowest BCUT2D eigenvalue weighted by Gasteiger charge is -2.26. The van der Waals surface area contributed by atoms with E-state index in [1.54, 1.807) is 0 Å². The summed E-state index contributed by atoms with van der Waals surface area (Å²) in [5, 5.41) is 12.0. The first-order valence-corrected chi connectivity index (χ1v) is 7.63. The summed E-state index contributed by atoms with van der Waals surface area (Å²) >= 11 is 3.45. The summed E-state index contributed by atoms with van der Waals surface area (Å²) in [4.78, 5) is 2.42. The van der Waals surface area contributed by atoms with E-state index < -0.39 is 0 Å². The van der Waals surface area contributed by atoms with Crippen molar-refractivity contribution in [2.45, 2.75) is 13.5 Å². The zero-order chi connectivity index (χ0) is 13.9. The highest BCUT2D eigenvalue weighted by molar-refractivity contribution is 9.10. The topological polar surface area (TPSA) is 46.0 Å². The molecule has 0 unspecified atom stereocenters. The molecule has 5 nitrogen and oxygen atoms in total. The molecule has 20 heavy (non-hydrogen) atoms. The van der Waals surface area contributed by atoms with Gasteiger partial charge in [0.2, 0.25) is 0 Å². The lowest BCUT2D eigenvalue weighted by molar-refractivity contribution is 0.230. The average molecular weight is 336 g/mol. The van der Waals surface area contributed by atoms with Gasteiger partial charge in [0, 0.05) is 37.2 Å². The van der Waals surface area contributed by atoms with Gasteiger partial charge in [0.15, 0.2) is 0 Å². The summed E-state index contributed by atoms with van der Waals surface area (Å²) in [7, 11) is 0. The number of nitrogens with zero attached hydrogens (tertiary/aromatic N) is 4. The molecule has 0 amide bonds. The van der Waals surface area contributed by atoms with Gasteiger partial charge in [0.1, 0.15) is 5.69 Å². The van der Waals surface area contributed by atoms with Crippen molar-refractivity contribution in [1.82, 2.24) is 25.2 Å². The van der Waals surface area contributed by atoms with Gasteiger partial charge in [-0.2, -0.15) is 0 Å². The normalized spacial score (nSPS) is 16.5. The van der Waals surface area contributed by atoms with Gasteiger partial charge in [-0.25, -0.2) is 4.68 Å². The van der Waals surface area contributed by atoms with Crippen LogP contribution in [-0.2, 0) is 6.54 Å². The molecule has 0 saturated carbocycles. The first-order valence-electron chi connectivity index (χ1n) is 6.84. The van der Waals surface area contributed by atoms with Crippen molar-refractivity contribution in [3.8, 4) is 5.69 Å². The molecule has 1 N–H and O–H groups in total. The molecule has 0 radical (unpaired) electrons. The highest BCUT2D eigenvalue weighted by Gasteiger charge is 2.15. The van der Waals surface area contributed by atoms with E-state index in [1.165, 1.54) is 0 Å². The lowest BCUT2D eigenvalue weighted by atomic mass is 10.2. The molecule has 3 rings (SSSR count). The van der Waals surface area contributed by atoms with Crippen LogP contribution in [0.25, 0.3) is 5.69 Å². The Labute approximate surface area is 127 Å². The van der Waals surface area contributed by atoms with Crippen LogP contribution in [0.15, 0.2) is 28.7 Å². The molecule has 1 fully saturated rings. The van der Waals surface area contributed by atoms with Crippen LogP contribution >= 0.6 is 15.9 Å². The molecule has 0 aliphatic carbocycles. The number of rotatable bonds is 3. The quantitative estimate of drug-likeness (QED) is 0.928. The largest absolute Gasteiger partial charge is 0.314 e. The van der Waals surface area contributed by atoms with Crippen molar-refractivity contribution >= 4 is 15.9 Å². The summed E-state index contributed by atoms with van der Waals surface area (Å²) in [6.45, 7) is 7.22. The predicted molar refractivity (Wildman–Crippen MR) is 81.9 cm³/mol. The van der Waals surface area contributed by atoms with Gasteiger partial charge in [0.25, 0.3) is 0 Å². The Bertz CT molecular complexity index is 572. The SMILES string of the molecule is Cc1c(CN2CCNCC2)nnn1-c1ccc(Br)cc1. The lowest BCUT2D eigenvalue weighted by Crippen LogP contribution is -2.43. The van der Waals surface area contributed by atoms with Crippen molar-refractivity contribution < 1.29 is 0 Å². The second-order valence-electron chi connectivity index (χ2n) is 5.04. The standard InChI is InChI=1S/C14H18BrN5/c1-11-14(10-19-8-6-16-7-9-19)17-18-20(11)13-4-2-12(15)3-5-13/h2-5,16H,6-10H2,1H3. The Morgan fingerprint density at radius 3 is 2.60 bits per heavy atom. The van der Waals surface area contributed by atoms with E-state index >= 15 is 0 Å². The molecule has 0 atom stereocenters. The van der Waals surface area contributed by atoms with Gasteiger partial charge in [-0.1, -0.05) is 21.1 Å². The summed E-state index contributed by atoms with van der Waals surface area (Å²) < 4.78 is 2.98. The van der Waals surface area contributed by atoms with Crippen LogP contribution in [0.2, 0.25) is 0 Å². The molecule has 1 aliphatic heterocycles. The van der Waals surface area contributed by atoms with Crippen LogP contribution < -0.4 is 5.32 Å². The Balaban J connectivity index is 1.79. The summed E-state index contributed by atoms with van der Waals surface area (Å²) in [6.07, 6.45) is 0. The molecule has 0 spiro atoms. The van der Waals surface area contributed by atoms with Crippen molar-refractivity contribution in [3.05, 3.63) is 40.1 Å². The van der Waals surface area contributed by atoms with E-state index in [-0.39, 0.29) is 0 Å². The Morgan fingerprint density at radius 1 is 1.20 bits per heavy atom. The number of piperazine rings is 1. The van der Waals surface area contributed by atoms with Crippen LogP contribution in [0.5, 0.6) is 0 Å². The Morgan fingerprint density at radius 2 is 1.90 bits per heavy atom. The molecule has 6 heteroatoms. The first kappa shape index (κ1) is 13.7. The second kappa shape index (κ2) is 6.03. The number of benzene rings is 1. The monoisotopic (exact) mass is 335 g/mol. The van der Waals surface area contributed by atoms with Crippen LogP contribution in [0, 0.1) is 6.92 Å². The van der Waals surface area contributed by atoms with Crippen LogP contribution in [-0.4, -0.2) is 46.1 Å². The van der Waals surface area contributed by atoms with Gasteiger partial charge in [-0.15, -0.1) is 5.10 Å². The van der Waals surface area contributed by atoms with Crippen molar-refractivity contribution in [2.75, 3.05) is 26.2 Å². The molecule has 1 saturated heterocycles. The molecule has 1 aromatic carbocycles. The third-order valence-corrected chi connectivity index (χ3v) is 4.17. The maximum absolute atomic E-state index is 4.35. The summed E-state index contributed by atoms with van der Waals surface area (Å²) in [5.41, 5.74) is 3.23. The van der Waals surface area contributed by atoms with Crippen molar-refractivity contribution in [3.63, 3.8) is 0 Å². The zero-order valence-corrected chi connectivity index (χ0v) is 13.1. The highest BCUT2D eigenvalue weighted by Crippen LogP contribution is 2.16. The number of halogens is 1. The minimum atomic E-state index is 0.879. The highest BCUT2D eigenvalue weighted by atomic mass is 79.9. The average Bonchev–Trinajstić information content (AvgIpc) is 2.83. The van der Waals surface area contributed by atoms with E-state index in [0.717, 1.165) is 54.3 Å². The van der Waals surface area contributed by atoms with Crippen LogP contribution in [0.3, 0.4) is 0 Å². The first-order chi connectivity index (χ1) is 9.74. The molecular weight excluding hydrogens is 318 g/mol. The van der Waals surface area contributed by atoms with E-state index in [1.807, 2.05) is 28.9 Å². The summed E-state index contributed by atoms with van der Waals surface area (Å²) in [5.74, 6) is 0. The van der Waals surface area contributed by atoms with Gasteiger partial charge < -0.3 is 5.32 Å². The van der Waals surface area contributed by atoms with Gasteiger partial charge >= 0.3 is 0 Å². The van der Waals surface area contributed by atoms with Crippen molar-refractivity contribution in [2.24, 2.45) is 0 Å². The van der Waals surface area contributed by atoms with Gasteiger partial charge in [-0.05, 0) is 31.2 Å². The van der Waals surface area contributed by atoms with Crippen LogP contribution in [0.1, 0.15) is 11.4 Å². The van der Waals surface area contributed by atoms with E-state index in [0.29, 0.717) is 0 Å². The van der Waals surface area contributed by atoms with Crippen molar-refractivity contribution in [1.29, 1.82) is 0 Å². The Hall–Kier alpha value is -1.24. The molecule has 1 aliphatic rings. The van der Waals surface area contributed by atoms with Crippen LogP contribution in [0.4, 0.5) is 0 Å². The third kappa shape index (κ3) is 2.92. The zero-order valence-electron chi connectivity index (χ0n) is 11.5. The number of hydrogen-bond donors (Lipinski definition) is 1. The maximum atomic E-state index is 4.35. The van der Waals surface area contributed by atoms with E-state index in [2.05, 4.69) is 43.4 Å².